The van der Waals surface area contributed by atoms with E-state index in [9.17, 15) is 18.0 Å². The third-order valence-electron chi connectivity index (χ3n) is 2.72. The molecule has 0 saturated heterocycles. The number of benzene rings is 1. The highest BCUT2D eigenvalue weighted by Gasteiger charge is 2.41. The molecule has 2 N–H and O–H groups in total. The van der Waals surface area contributed by atoms with E-state index < -0.39 is 30.7 Å². The van der Waals surface area contributed by atoms with E-state index in [4.69, 9.17) is 16.7 Å². The normalized spacial score (nSPS) is 14.8. The summed E-state index contributed by atoms with van der Waals surface area (Å²) >= 11 is 5.67. The smallest absolute Gasteiger partial charge is 0.404 e. The van der Waals surface area contributed by atoms with E-state index in [0.717, 1.165) is 5.56 Å². The van der Waals surface area contributed by atoms with Crippen LogP contribution >= 0.6 is 11.6 Å². The molecular formula is C13H15ClF3NO2. The lowest BCUT2D eigenvalue weighted by Crippen LogP contribution is -2.49. The highest BCUT2D eigenvalue weighted by Crippen LogP contribution is 2.23. The van der Waals surface area contributed by atoms with Gasteiger partial charge in [0.2, 0.25) is 0 Å². The number of carbonyl (C=O) groups is 1. The van der Waals surface area contributed by atoms with Crippen LogP contribution in [-0.2, 0) is 11.2 Å². The SMILES string of the molecule is O=C(O)C[C@H](N[C@@H](CCl)Cc1ccccc1)C(F)(F)F. The van der Waals surface area contributed by atoms with E-state index in [0.29, 0.717) is 6.42 Å². The molecule has 0 saturated carbocycles. The molecule has 0 aliphatic rings. The first-order chi connectivity index (χ1) is 9.32. The van der Waals surface area contributed by atoms with Gasteiger partial charge in [0.25, 0.3) is 0 Å². The van der Waals surface area contributed by atoms with Gasteiger partial charge in [0.15, 0.2) is 0 Å². The van der Waals surface area contributed by atoms with Crippen LogP contribution in [0.5, 0.6) is 0 Å². The third kappa shape index (κ3) is 5.79. The molecule has 0 aliphatic heterocycles. The third-order valence-corrected chi connectivity index (χ3v) is 3.09. The summed E-state index contributed by atoms with van der Waals surface area (Å²) in [5.41, 5.74) is 0.835. The minimum absolute atomic E-state index is 0.0406. The fraction of sp³-hybridized carbons (Fsp3) is 0.462. The number of halogens is 4. The highest BCUT2D eigenvalue weighted by atomic mass is 35.5. The molecule has 3 nitrogen and oxygen atoms in total. The maximum Gasteiger partial charge on any atom is 0.404 e. The fourth-order valence-corrected chi connectivity index (χ4v) is 1.98. The number of alkyl halides is 4. The molecular weight excluding hydrogens is 295 g/mol. The number of hydrogen-bond acceptors (Lipinski definition) is 2. The summed E-state index contributed by atoms with van der Waals surface area (Å²) in [6.07, 6.45) is -5.35. The lowest BCUT2D eigenvalue weighted by Gasteiger charge is -2.25. The van der Waals surface area contributed by atoms with Gasteiger partial charge in [-0.05, 0) is 12.0 Å². The summed E-state index contributed by atoms with van der Waals surface area (Å²) in [4.78, 5) is 10.5. The molecule has 1 rings (SSSR count). The van der Waals surface area contributed by atoms with Crippen LogP contribution in [0.4, 0.5) is 13.2 Å². The van der Waals surface area contributed by atoms with Gasteiger partial charge in [-0.3, -0.25) is 4.79 Å². The molecule has 1 aromatic rings. The molecule has 2 atom stereocenters. The second-order valence-electron chi connectivity index (χ2n) is 4.40. The maximum atomic E-state index is 12.7. The zero-order chi connectivity index (χ0) is 15.2. The molecule has 0 amide bonds. The largest absolute Gasteiger partial charge is 0.481 e. The standard InChI is InChI=1S/C13H15ClF3NO2/c14-8-10(6-9-4-2-1-3-5-9)18-11(7-12(19)20)13(15,16)17/h1-5,10-11,18H,6-8H2,(H,19,20)/t10-,11+/m1/s1. The Kier molecular flexibility index (Phi) is 6.29. The molecule has 112 valence electrons. The molecule has 0 spiro atoms. The first kappa shape index (κ1) is 16.8. The molecule has 20 heavy (non-hydrogen) atoms. The maximum absolute atomic E-state index is 12.7. The number of aliphatic carboxylic acids is 1. The Labute approximate surface area is 119 Å². The average molecular weight is 310 g/mol. The average Bonchev–Trinajstić information content (AvgIpc) is 2.36. The van der Waals surface area contributed by atoms with Crippen molar-refractivity contribution in [3.63, 3.8) is 0 Å². The zero-order valence-corrected chi connectivity index (χ0v) is 11.3. The minimum Gasteiger partial charge on any atom is -0.481 e. The fourth-order valence-electron chi connectivity index (χ4n) is 1.78. The Morgan fingerprint density at radius 1 is 1.30 bits per heavy atom. The molecule has 0 unspecified atom stereocenters. The lowest BCUT2D eigenvalue weighted by molar-refractivity contribution is -0.168. The minimum atomic E-state index is -4.63. The van der Waals surface area contributed by atoms with Gasteiger partial charge in [-0.2, -0.15) is 13.2 Å². The molecule has 0 aliphatic carbocycles. The monoisotopic (exact) mass is 309 g/mol. The molecule has 7 heteroatoms. The Bertz CT molecular complexity index is 425. The van der Waals surface area contributed by atoms with Crippen LogP contribution in [-0.4, -0.2) is 35.2 Å². The zero-order valence-electron chi connectivity index (χ0n) is 10.5. The first-order valence-electron chi connectivity index (χ1n) is 5.97. The molecule has 0 fully saturated rings. The van der Waals surface area contributed by atoms with Gasteiger partial charge >= 0.3 is 12.1 Å². The van der Waals surface area contributed by atoms with E-state index in [2.05, 4.69) is 5.32 Å². The Hall–Kier alpha value is -1.27. The van der Waals surface area contributed by atoms with Crippen LogP contribution in [0.1, 0.15) is 12.0 Å². The molecule has 0 radical (unpaired) electrons. The van der Waals surface area contributed by atoms with Gasteiger partial charge in [-0.1, -0.05) is 30.3 Å². The van der Waals surface area contributed by atoms with Gasteiger partial charge in [-0.15, -0.1) is 11.6 Å². The summed E-state index contributed by atoms with van der Waals surface area (Å²) in [6.45, 7) is 0. The second kappa shape index (κ2) is 7.50. The van der Waals surface area contributed by atoms with E-state index in [1.54, 1.807) is 30.3 Å². The van der Waals surface area contributed by atoms with E-state index >= 15 is 0 Å². The molecule has 0 bridgehead atoms. The van der Waals surface area contributed by atoms with Gasteiger partial charge in [-0.25, -0.2) is 0 Å². The number of hydrogen-bond donors (Lipinski definition) is 2. The van der Waals surface area contributed by atoms with E-state index in [1.807, 2.05) is 0 Å². The summed E-state index contributed by atoms with van der Waals surface area (Å²) in [6, 6.07) is 6.16. The number of carboxylic acids is 1. The van der Waals surface area contributed by atoms with Crippen molar-refractivity contribution >= 4 is 17.6 Å². The van der Waals surface area contributed by atoms with Crippen molar-refractivity contribution in [1.29, 1.82) is 0 Å². The van der Waals surface area contributed by atoms with Crippen molar-refractivity contribution in [2.24, 2.45) is 0 Å². The van der Waals surface area contributed by atoms with Crippen LogP contribution in [0.15, 0.2) is 30.3 Å². The first-order valence-corrected chi connectivity index (χ1v) is 6.51. The van der Waals surface area contributed by atoms with Gasteiger partial charge < -0.3 is 10.4 Å². The number of nitrogens with one attached hydrogen (secondary N) is 1. The Morgan fingerprint density at radius 3 is 2.35 bits per heavy atom. The number of rotatable bonds is 7. The van der Waals surface area contributed by atoms with Gasteiger partial charge in [0.05, 0.1) is 6.42 Å². The van der Waals surface area contributed by atoms with Crippen LogP contribution in [0, 0.1) is 0 Å². The molecule has 0 aromatic heterocycles. The van der Waals surface area contributed by atoms with Crippen LogP contribution < -0.4 is 5.32 Å². The van der Waals surface area contributed by atoms with Crippen molar-refractivity contribution in [2.75, 3.05) is 5.88 Å². The summed E-state index contributed by atoms with van der Waals surface area (Å²) < 4.78 is 38.2. The number of carboxylic acid groups (broad SMARTS) is 1. The van der Waals surface area contributed by atoms with Crippen LogP contribution in [0.25, 0.3) is 0 Å². The lowest BCUT2D eigenvalue weighted by atomic mass is 10.1. The molecule has 1 aromatic carbocycles. The predicted molar refractivity (Wildman–Crippen MR) is 69.9 cm³/mol. The van der Waals surface area contributed by atoms with Crippen LogP contribution in [0.3, 0.4) is 0 Å². The highest BCUT2D eigenvalue weighted by molar-refractivity contribution is 6.18. The summed E-state index contributed by atoms with van der Waals surface area (Å²) in [5.74, 6) is -1.55. The summed E-state index contributed by atoms with van der Waals surface area (Å²) in [5, 5.41) is 10.8. The Balaban J connectivity index is 2.71. The van der Waals surface area contributed by atoms with Gasteiger partial charge in [0.1, 0.15) is 6.04 Å². The topological polar surface area (TPSA) is 49.3 Å². The van der Waals surface area contributed by atoms with Crippen molar-refractivity contribution in [3.8, 4) is 0 Å². The van der Waals surface area contributed by atoms with Crippen molar-refractivity contribution in [2.45, 2.75) is 31.1 Å². The predicted octanol–water partition coefficient (Wildman–Crippen LogP) is 2.83. The molecule has 0 heterocycles. The Morgan fingerprint density at radius 2 is 1.90 bits per heavy atom. The van der Waals surface area contributed by atoms with E-state index in [-0.39, 0.29) is 5.88 Å². The van der Waals surface area contributed by atoms with Crippen molar-refractivity contribution in [3.05, 3.63) is 35.9 Å². The van der Waals surface area contributed by atoms with Crippen LogP contribution in [0.2, 0.25) is 0 Å². The summed E-state index contributed by atoms with van der Waals surface area (Å²) in [7, 11) is 0. The second-order valence-corrected chi connectivity index (χ2v) is 4.71. The van der Waals surface area contributed by atoms with E-state index in [1.165, 1.54) is 0 Å². The van der Waals surface area contributed by atoms with Crippen molar-refractivity contribution < 1.29 is 23.1 Å². The quantitative estimate of drug-likeness (QED) is 0.762. The van der Waals surface area contributed by atoms with Gasteiger partial charge in [0, 0.05) is 11.9 Å². The van der Waals surface area contributed by atoms with Crippen molar-refractivity contribution in [1.82, 2.24) is 5.32 Å².